The summed E-state index contributed by atoms with van der Waals surface area (Å²) in [6.07, 6.45) is 6.51. The first-order valence-corrected chi connectivity index (χ1v) is 9.64. The van der Waals surface area contributed by atoms with Crippen molar-refractivity contribution >= 4 is 10.0 Å². The Labute approximate surface area is 142 Å². The first-order valence-electron chi connectivity index (χ1n) is 8.20. The fourth-order valence-corrected chi connectivity index (χ4v) is 5.83. The van der Waals surface area contributed by atoms with Gasteiger partial charge in [-0.3, -0.25) is 4.98 Å². The summed E-state index contributed by atoms with van der Waals surface area (Å²) in [7, 11) is -2.04. The van der Waals surface area contributed by atoms with Crippen LogP contribution < -0.4 is 4.74 Å². The van der Waals surface area contributed by atoms with Gasteiger partial charge in [0.1, 0.15) is 10.6 Å². The maximum absolute atomic E-state index is 13.2. The average molecular weight is 344 g/mol. The van der Waals surface area contributed by atoms with Gasteiger partial charge in [0.25, 0.3) is 0 Å². The summed E-state index contributed by atoms with van der Waals surface area (Å²) in [6, 6.07) is 9.22. The molecule has 6 heteroatoms. The molecule has 0 amide bonds. The van der Waals surface area contributed by atoms with Crippen molar-refractivity contribution in [3.8, 4) is 16.9 Å². The monoisotopic (exact) mass is 344 g/mol. The molecule has 2 bridgehead atoms. The van der Waals surface area contributed by atoms with Crippen molar-refractivity contribution < 1.29 is 13.2 Å². The topological polar surface area (TPSA) is 59.5 Å². The Hall–Kier alpha value is -1.92. The molecule has 1 saturated carbocycles. The van der Waals surface area contributed by atoms with Crippen molar-refractivity contribution in [2.45, 2.75) is 30.2 Å². The molecule has 1 aromatic carbocycles. The van der Waals surface area contributed by atoms with Crippen LogP contribution in [0.4, 0.5) is 0 Å². The number of hydrogen-bond donors (Lipinski definition) is 0. The predicted octanol–water partition coefficient (Wildman–Crippen LogP) is 2.93. The van der Waals surface area contributed by atoms with Gasteiger partial charge in [-0.25, -0.2) is 8.42 Å². The molecule has 0 N–H and O–H groups in total. The normalized spacial score (nSPS) is 23.5. The molecule has 5 nitrogen and oxygen atoms in total. The van der Waals surface area contributed by atoms with Crippen LogP contribution in [0.5, 0.6) is 5.75 Å². The van der Waals surface area contributed by atoms with E-state index in [0.29, 0.717) is 18.2 Å². The number of benzene rings is 1. The number of methoxy groups -OCH3 is 1. The predicted molar refractivity (Wildman–Crippen MR) is 91.2 cm³/mol. The standard InChI is InChI=1S/C18H20N2O3S/c1-23-17-5-3-15(14-6-8-19-9-7-14)11-18(17)24(21,22)20-12-13-2-4-16(20)10-13/h3,5-9,11,13,16H,2,4,10,12H2,1H3/t13-,16-/m0/s1. The number of piperidine rings is 1. The number of ether oxygens (including phenoxy) is 1. The summed E-state index contributed by atoms with van der Waals surface area (Å²) in [5.41, 5.74) is 1.79. The van der Waals surface area contributed by atoms with Gasteiger partial charge in [-0.15, -0.1) is 0 Å². The van der Waals surface area contributed by atoms with E-state index >= 15 is 0 Å². The van der Waals surface area contributed by atoms with E-state index in [0.717, 1.165) is 30.4 Å². The second kappa shape index (κ2) is 5.86. The number of pyridine rings is 1. The molecule has 1 aliphatic heterocycles. The summed E-state index contributed by atoms with van der Waals surface area (Å²) in [4.78, 5) is 4.27. The molecule has 2 fully saturated rings. The van der Waals surface area contributed by atoms with Crippen molar-refractivity contribution in [1.29, 1.82) is 0 Å². The Bertz CT molecular complexity index is 852. The molecule has 1 aromatic heterocycles. The first kappa shape index (κ1) is 15.6. The van der Waals surface area contributed by atoms with Crippen molar-refractivity contribution in [2.24, 2.45) is 5.92 Å². The van der Waals surface area contributed by atoms with E-state index in [1.807, 2.05) is 18.2 Å². The van der Waals surface area contributed by atoms with Gasteiger partial charge < -0.3 is 4.74 Å². The number of aromatic nitrogens is 1. The van der Waals surface area contributed by atoms with Crippen LogP contribution in [0.25, 0.3) is 11.1 Å². The highest BCUT2D eigenvalue weighted by Crippen LogP contribution is 2.42. The second-order valence-electron chi connectivity index (χ2n) is 6.51. The maximum Gasteiger partial charge on any atom is 0.247 e. The van der Waals surface area contributed by atoms with Crippen LogP contribution in [0, 0.1) is 5.92 Å². The maximum atomic E-state index is 13.2. The second-order valence-corrected chi connectivity index (χ2v) is 8.37. The SMILES string of the molecule is COc1ccc(-c2ccncc2)cc1S(=O)(=O)N1C[C@H]2CC[C@H]1C2. The van der Waals surface area contributed by atoms with Gasteiger partial charge in [0.05, 0.1) is 7.11 Å². The summed E-state index contributed by atoms with van der Waals surface area (Å²) in [6.45, 7) is 0.635. The van der Waals surface area contributed by atoms with E-state index in [1.165, 1.54) is 7.11 Å². The van der Waals surface area contributed by atoms with Crippen molar-refractivity contribution in [3.63, 3.8) is 0 Å². The van der Waals surface area contributed by atoms with Crippen LogP contribution in [-0.4, -0.2) is 37.4 Å². The number of rotatable bonds is 4. The molecule has 2 aliphatic rings. The number of nitrogens with zero attached hydrogens (tertiary/aromatic N) is 2. The molecular formula is C18H20N2O3S. The van der Waals surface area contributed by atoms with Crippen molar-refractivity contribution in [2.75, 3.05) is 13.7 Å². The Morgan fingerprint density at radius 1 is 1.12 bits per heavy atom. The van der Waals surface area contributed by atoms with E-state index in [9.17, 15) is 8.42 Å². The highest BCUT2D eigenvalue weighted by molar-refractivity contribution is 7.89. The number of sulfonamides is 1. The summed E-state index contributed by atoms with van der Waals surface area (Å²) >= 11 is 0. The van der Waals surface area contributed by atoms with E-state index in [2.05, 4.69) is 4.98 Å². The van der Waals surface area contributed by atoms with Crippen molar-refractivity contribution in [3.05, 3.63) is 42.7 Å². The van der Waals surface area contributed by atoms with Crippen molar-refractivity contribution in [1.82, 2.24) is 9.29 Å². The molecule has 4 rings (SSSR count). The van der Waals surface area contributed by atoms with Gasteiger partial charge in [-0.1, -0.05) is 6.07 Å². The number of fused-ring (bicyclic) bond motifs is 2. The van der Waals surface area contributed by atoms with E-state index < -0.39 is 10.0 Å². The van der Waals surface area contributed by atoms with Gasteiger partial charge >= 0.3 is 0 Å². The van der Waals surface area contributed by atoms with Gasteiger partial charge in [0, 0.05) is 25.0 Å². The minimum absolute atomic E-state index is 0.147. The quantitative estimate of drug-likeness (QED) is 0.856. The zero-order valence-corrected chi connectivity index (χ0v) is 14.4. The Morgan fingerprint density at radius 2 is 1.92 bits per heavy atom. The third-order valence-corrected chi connectivity index (χ3v) is 7.06. The molecule has 0 radical (unpaired) electrons. The lowest BCUT2D eigenvalue weighted by atomic mass is 10.1. The van der Waals surface area contributed by atoms with Crippen LogP contribution in [-0.2, 0) is 10.0 Å². The lowest BCUT2D eigenvalue weighted by Gasteiger charge is -2.27. The minimum atomic E-state index is -3.55. The average Bonchev–Trinajstić information content (AvgIpc) is 3.25. The number of hydrogen-bond acceptors (Lipinski definition) is 4. The van der Waals surface area contributed by atoms with E-state index in [-0.39, 0.29) is 10.9 Å². The fourth-order valence-electron chi connectivity index (χ4n) is 3.90. The Kier molecular flexibility index (Phi) is 3.81. The van der Waals surface area contributed by atoms with E-state index in [4.69, 9.17) is 4.74 Å². The van der Waals surface area contributed by atoms with Gasteiger partial charge in [-0.05, 0) is 60.6 Å². The van der Waals surface area contributed by atoms with E-state index in [1.54, 1.807) is 28.8 Å². The first-order chi connectivity index (χ1) is 11.6. The lowest BCUT2D eigenvalue weighted by Crippen LogP contribution is -2.37. The highest BCUT2D eigenvalue weighted by atomic mass is 32.2. The lowest BCUT2D eigenvalue weighted by molar-refractivity contribution is 0.330. The largest absolute Gasteiger partial charge is 0.495 e. The third kappa shape index (κ3) is 2.50. The minimum Gasteiger partial charge on any atom is -0.495 e. The third-order valence-electron chi connectivity index (χ3n) is 5.12. The fraction of sp³-hybridized carbons (Fsp3) is 0.389. The molecule has 2 aromatic rings. The molecule has 2 atom stereocenters. The summed E-state index contributed by atoms with van der Waals surface area (Å²) in [5, 5.41) is 0. The molecule has 2 heterocycles. The molecule has 0 spiro atoms. The van der Waals surface area contributed by atoms with Crippen LogP contribution >= 0.6 is 0 Å². The zero-order valence-electron chi connectivity index (χ0n) is 13.6. The molecule has 1 saturated heterocycles. The van der Waals surface area contributed by atoms with Gasteiger partial charge in [0.15, 0.2) is 0 Å². The molecule has 24 heavy (non-hydrogen) atoms. The van der Waals surface area contributed by atoms with Crippen LogP contribution in [0.2, 0.25) is 0 Å². The highest BCUT2D eigenvalue weighted by Gasteiger charge is 2.45. The Morgan fingerprint density at radius 3 is 2.54 bits per heavy atom. The van der Waals surface area contributed by atoms with Gasteiger partial charge in [-0.2, -0.15) is 4.31 Å². The zero-order chi connectivity index (χ0) is 16.7. The van der Waals surface area contributed by atoms with Crippen LogP contribution in [0.1, 0.15) is 19.3 Å². The molecule has 0 unspecified atom stereocenters. The smallest absolute Gasteiger partial charge is 0.247 e. The van der Waals surface area contributed by atoms with Gasteiger partial charge in [0.2, 0.25) is 10.0 Å². The summed E-state index contributed by atoms with van der Waals surface area (Å²) in [5.74, 6) is 0.912. The Balaban J connectivity index is 1.78. The van der Waals surface area contributed by atoms with Crippen LogP contribution in [0.3, 0.4) is 0 Å². The molecular weight excluding hydrogens is 324 g/mol. The molecule has 126 valence electrons. The molecule has 1 aliphatic carbocycles. The summed E-state index contributed by atoms with van der Waals surface area (Å²) < 4.78 is 33.5. The van der Waals surface area contributed by atoms with Crippen LogP contribution in [0.15, 0.2) is 47.6 Å².